The molecule has 0 spiro atoms. The number of rotatable bonds is 6. The number of benzene rings is 2. The van der Waals surface area contributed by atoms with E-state index in [4.69, 9.17) is 4.74 Å². The summed E-state index contributed by atoms with van der Waals surface area (Å²) in [4.78, 5) is 14.7. The van der Waals surface area contributed by atoms with E-state index in [2.05, 4.69) is 47.4 Å². The summed E-state index contributed by atoms with van der Waals surface area (Å²) >= 11 is 0. The molecule has 3 nitrogen and oxygen atoms in total. The highest BCUT2D eigenvalue weighted by molar-refractivity contribution is 5.69. The zero-order chi connectivity index (χ0) is 18.7. The highest BCUT2D eigenvalue weighted by Gasteiger charge is 2.43. The van der Waals surface area contributed by atoms with Crippen molar-refractivity contribution in [1.82, 2.24) is 4.90 Å². The largest absolute Gasteiger partial charge is 0.454 e. The molecule has 2 aromatic carbocycles. The molecule has 0 amide bonds. The van der Waals surface area contributed by atoms with Crippen molar-refractivity contribution in [2.24, 2.45) is 5.92 Å². The molecule has 1 aliphatic carbocycles. The number of hydrogen-bond donors (Lipinski definition) is 0. The van der Waals surface area contributed by atoms with Gasteiger partial charge in [0.05, 0.1) is 0 Å². The number of piperidine rings is 1. The minimum Gasteiger partial charge on any atom is -0.454 e. The number of carbonyl (C=O) groups is 1. The van der Waals surface area contributed by atoms with Gasteiger partial charge in [-0.25, -0.2) is 0 Å². The Kier molecular flexibility index (Phi) is 5.31. The van der Waals surface area contributed by atoms with Crippen LogP contribution in [0.1, 0.15) is 49.7 Å². The predicted molar refractivity (Wildman–Crippen MR) is 107 cm³/mol. The van der Waals surface area contributed by atoms with Gasteiger partial charge in [-0.1, -0.05) is 67.6 Å². The number of esters is 1. The maximum Gasteiger partial charge on any atom is 0.306 e. The van der Waals surface area contributed by atoms with Crippen LogP contribution in [0.5, 0.6) is 0 Å². The molecule has 27 heavy (non-hydrogen) atoms. The van der Waals surface area contributed by atoms with E-state index in [1.54, 1.807) is 0 Å². The Hall–Kier alpha value is -2.13. The van der Waals surface area contributed by atoms with E-state index in [1.165, 1.54) is 12.0 Å². The maximum absolute atomic E-state index is 12.1. The van der Waals surface area contributed by atoms with Crippen molar-refractivity contribution in [2.75, 3.05) is 19.6 Å². The molecule has 3 heteroatoms. The van der Waals surface area contributed by atoms with Gasteiger partial charge < -0.3 is 9.64 Å². The SMILES string of the molecule is CCC(=O)OC1(c2ccccc2)CCN(CC2CC2c2ccccc2)CC1. The number of likely N-dealkylation sites (tertiary alicyclic amines) is 1. The van der Waals surface area contributed by atoms with Gasteiger partial charge >= 0.3 is 5.97 Å². The molecule has 1 aliphatic heterocycles. The molecule has 0 radical (unpaired) electrons. The van der Waals surface area contributed by atoms with Crippen LogP contribution in [-0.2, 0) is 15.1 Å². The zero-order valence-electron chi connectivity index (χ0n) is 16.1. The van der Waals surface area contributed by atoms with Crippen LogP contribution in [0.25, 0.3) is 0 Å². The summed E-state index contributed by atoms with van der Waals surface area (Å²) in [5.41, 5.74) is 2.17. The standard InChI is InChI=1S/C24H29NO2/c1-2-23(26)27-24(21-11-7-4-8-12-21)13-15-25(16-14-24)18-20-17-22(20)19-9-5-3-6-10-19/h3-12,20,22H,2,13-18H2,1H3. The molecule has 0 bridgehead atoms. The molecule has 0 N–H and O–H groups in total. The van der Waals surface area contributed by atoms with Gasteiger partial charge in [-0.3, -0.25) is 4.79 Å². The van der Waals surface area contributed by atoms with E-state index >= 15 is 0 Å². The second kappa shape index (κ2) is 7.85. The Morgan fingerprint density at radius 2 is 1.67 bits per heavy atom. The van der Waals surface area contributed by atoms with Crippen molar-refractivity contribution < 1.29 is 9.53 Å². The third-order valence-corrected chi connectivity index (χ3v) is 6.20. The first-order valence-corrected chi connectivity index (χ1v) is 10.2. The lowest BCUT2D eigenvalue weighted by atomic mass is 9.84. The van der Waals surface area contributed by atoms with Crippen LogP contribution in [0, 0.1) is 5.92 Å². The Morgan fingerprint density at radius 3 is 2.30 bits per heavy atom. The van der Waals surface area contributed by atoms with Gasteiger partial charge in [0.1, 0.15) is 5.60 Å². The Balaban J connectivity index is 1.38. The van der Waals surface area contributed by atoms with E-state index in [-0.39, 0.29) is 5.97 Å². The summed E-state index contributed by atoms with van der Waals surface area (Å²) in [6.45, 7) is 5.01. The zero-order valence-corrected chi connectivity index (χ0v) is 16.1. The van der Waals surface area contributed by atoms with Crippen molar-refractivity contribution in [3.05, 3.63) is 71.8 Å². The first-order chi connectivity index (χ1) is 13.2. The minimum absolute atomic E-state index is 0.0985. The molecule has 2 fully saturated rings. The van der Waals surface area contributed by atoms with E-state index in [0.29, 0.717) is 6.42 Å². The van der Waals surface area contributed by atoms with Gasteiger partial charge in [0.15, 0.2) is 0 Å². The molecule has 2 unspecified atom stereocenters. The molecule has 1 heterocycles. The molecule has 2 aliphatic rings. The van der Waals surface area contributed by atoms with Crippen LogP contribution in [0.4, 0.5) is 0 Å². The molecule has 142 valence electrons. The Labute approximate surface area is 162 Å². The average Bonchev–Trinajstić information content (AvgIpc) is 3.50. The van der Waals surface area contributed by atoms with Crippen molar-refractivity contribution in [3.8, 4) is 0 Å². The third kappa shape index (κ3) is 4.08. The fourth-order valence-electron chi connectivity index (χ4n) is 4.47. The van der Waals surface area contributed by atoms with Crippen molar-refractivity contribution in [3.63, 3.8) is 0 Å². The molecule has 2 aromatic rings. The third-order valence-electron chi connectivity index (χ3n) is 6.20. The van der Waals surface area contributed by atoms with E-state index < -0.39 is 5.60 Å². The lowest BCUT2D eigenvalue weighted by molar-refractivity contribution is -0.166. The van der Waals surface area contributed by atoms with Crippen LogP contribution >= 0.6 is 0 Å². The summed E-state index contributed by atoms with van der Waals surface area (Å²) < 4.78 is 6.01. The highest BCUT2D eigenvalue weighted by Crippen LogP contribution is 2.48. The van der Waals surface area contributed by atoms with Crippen molar-refractivity contribution >= 4 is 5.97 Å². The first-order valence-electron chi connectivity index (χ1n) is 10.2. The number of hydrogen-bond acceptors (Lipinski definition) is 3. The van der Waals surface area contributed by atoms with Gasteiger partial charge in [0, 0.05) is 38.9 Å². The van der Waals surface area contributed by atoms with E-state index in [0.717, 1.165) is 49.9 Å². The molecular weight excluding hydrogens is 334 g/mol. The van der Waals surface area contributed by atoms with Crippen LogP contribution in [0.15, 0.2) is 60.7 Å². The lowest BCUT2D eigenvalue weighted by Crippen LogP contribution is -2.45. The second-order valence-corrected chi connectivity index (χ2v) is 8.00. The average molecular weight is 364 g/mol. The Bertz CT molecular complexity index is 750. The van der Waals surface area contributed by atoms with Crippen LogP contribution in [-0.4, -0.2) is 30.5 Å². The molecule has 1 saturated carbocycles. The summed E-state index contributed by atoms with van der Waals surface area (Å²) in [6.07, 6.45) is 3.49. The highest BCUT2D eigenvalue weighted by atomic mass is 16.6. The van der Waals surface area contributed by atoms with Crippen molar-refractivity contribution in [2.45, 2.75) is 44.1 Å². The summed E-state index contributed by atoms with van der Waals surface area (Å²) in [5, 5.41) is 0. The normalized spacial score (nSPS) is 24.3. The topological polar surface area (TPSA) is 29.5 Å². The molecule has 4 rings (SSSR count). The molecular formula is C24H29NO2. The van der Waals surface area contributed by atoms with Gasteiger partial charge in [0.2, 0.25) is 0 Å². The number of nitrogens with zero attached hydrogens (tertiary/aromatic N) is 1. The van der Waals surface area contributed by atoms with Gasteiger partial charge in [-0.15, -0.1) is 0 Å². The van der Waals surface area contributed by atoms with E-state index in [9.17, 15) is 4.79 Å². The van der Waals surface area contributed by atoms with Crippen LogP contribution in [0.2, 0.25) is 0 Å². The summed E-state index contributed by atoms with van der Waals surface area (Å²) in [6, 6.07) is 21.2. The molecule has 2 atom stereocenters. The van der Waals surface area contributed by atoms with Gasteiger partial charge in [0.25, 0.3) is 0 Å². The monoisotopic (exact) mass is 363 g/mol. The molecule has 0 aromatic heterocycles. The predicted octanol–water partition coefficient (Wildman–Crippen LogP) is 4.73. The lowest BCUT2D eigenvalue weighted by Gasteiger charge is -2.41. The summed E-state index contributed by atoms with van der Waals surface area (Å²) in [5.74, 6) is 1.40. The fraction of sp³-hybridized carbons (Fsp3) is 0.458. The molecule has 1 saturated heterocycles. The quantitative estimate of drug-likeness (QED) is 0.695. The van der Waals surface area contributed by atoms with Crippen molar-refractivity contribution in [1.29, 1.82) is 0 Å². The minimum atomic E-state index is -0.451. The Morgan fingerprint density at radius 1 is 1.04 bits per heavy atom. The van der Waals surface area contributed by atoms with E-state index in [1.807, 2.05) is 25.1 Å². The van der Waals surface area contributed by atoms with Crippen LogP contribution < -0.4 is 0 Å². The van der Waals surface area contributed by atoms with Crippen LogP contribution in [0.3, 0.4) is 0 Å². The number of ether oxygens (including phenoxy) is 1. The smallest absolute Gasteiger partial charge is 0.306 e. The number of carbonyl (C=O) groups excluding carboxylic acids is 1. The maximum atomic E-state index is 12.1. The second-order valence-electron chi connectivity index (χ2n) is 8.00. The summed E-state index contributed by atoms with van der Waals surface area (Å²) in [7, 11) is 0. The fourth-order valence-corrected chi connectivity index (χ4v) is 4.47. The van der Waals surface area contributed by atoms with Gasteiger partial charge in [-0.05, 0) is 29.4 Å². The first kappa shape index (κ1) is 18.2. The van der Waals surface area contributed by atoms with Gasteiger partial charge in [-0.2, -0.15) is 0 Å².